The zero-order valence-electron chi connectivity index (χ0n) is 10.6. The van der Waals surface area contributed by atoms with E-state index in [0.29, 0.717) is 0 Å². The van der Waals surface area contributed by atoms with Crippen molar-refractivity contribution in [1.29, 1.82) is 0 Å². The second kappa shape index (κ2) is 6.06. The van der Waals surface area contributed by atoms with Crippen LogP contribution in [0.2, 0.25) is 5.02 Å². The van der Waals surface area contributed by atoms with E-state index in [4.69, 9.17) is 21.4 Å². The first-order valence-electron chi connectivity index (χ1n) is 5.95. The molecule has 0 saturated carbocycles. The summed E-state index contributed by atoms with van der Waals surface area (Å²) in [5, 5.41) is 22.3. The molecule has 2 atom stereocenters. The number of amides is 1. The maximum atomic E-state index is 12.1. The van der Waals surface area contributed by atoms with E-state index >= 15 is 0 Å². The third-order valence-corrected chi connectivity index (χ3v) is 3.29. The molecular formula is C12H11ClN2O6. The van der Waals surface area contributed by atoms with Gasteiger partial charge in [-0.15, -0.1) is 0 Å². The minimum atomic E-state index is -1.07. The Morgan fingerprint density at radius 1 is 1.38 bits per heavy atom. The Labute approximate surface area is 123 Å². The monoisotopic (exact) mass is 314 g/mol. The first-order valence-corrected chi connectivity index (χ1v) is 6.32. The zero-order valence-corrected chi connectivity index (χ0v) is 11.4. The number of nitrogens with one attached hydrogen (secondary N) is 1. The van der Waals surface area contributed by atoms with Crippen LogP contribution in [0.25, 0.3) is 0 Å². The third kappa shape index (κ3) is 3.47. The molecule has 112 valence electrons. The fraction of sp³-hybridized carbons (Fsp3) is 0.333. The zero-order chi connectivity index (χ0) is 15.6. The number of nitro benzene ring substituents is 1. The highest BCUT2D eigenvalue weighted by atomic mass is 35.5. The average molecular weight is 315 g/mol. The van der Waals surface area contributed by atoms with E-state index in [1.165, 1.54) is 6.07 Å². The van der Waals surface area contributed by atoms with E-state index in [1.54, 1.807) is 0 Å². The van der Waals surface area contributed by atoms with Crippen LogP contribution in [0.3, 0.4) is 0 Å². The van der Waals surface area contributed by atoms with Gasteiger partial charge in [-0.1, -0.05) is 11.6 Å². The van der Waals surface area contributed by atoms with Crippen molar-refractivity contribution >= 4 is 29.2 Å². The number of benzene rings is 1. The molecule has 1 aliphatic rings. The quantitative estimate of drug-likeness (QED) is 0.634. The molecular weight excluding hydrogens is 304 g/mol. The van der Waals surface area contributed by atoms with Gasteiger partial charge < -0.3 is 15.2 Å². The number of hydrogen-bond donors (Lipinski definition) is 2. The van der Waals surface area contributed by atoms with E-state index in [9.17, 15) is 19.7 Å². The fourth-order valence-electron chi connectivity index (χ4n) is 2.00. The lowest BCUT2D eigenvalue weighted by Crippen LogP contribution is -2.42. The van der Waals surface area contributed by atoms with Gasteiger partial charge in [0, 0.05) is 22.7 Å². The number of non-ortho nitro benzene ring substituents is 1. The molecule has 1 saturated heterocycles. The van der Waals surface area contributed by atoms with Crippen LogP contribution >= 0.6 is 11.6 Å². The van der Waals surface area contributed by atoms with Crippen molar-refractivity contribution in [2.24, 2.45) is 5.92 Å². The number of carbonyl (C=O) groups is 2. The van der Waals surface area contributed by atoms with E-state index in [2.05, 4.69) is 5.32 Å². The molecule has 1 heterocycles. The second-order valence-corrected chi connectivity index (χ2v) is 4.95. The van der Waals surface area contributed by atoms with Crippen molar-refractivity contribution in [2.75, 3.05) is 13.2 Å². The molecule has 1 fully saturated rings. The van der Waals surface area contributed by atoms with Gasteiger partial charge in [0.25, 0.3) is 11.6 Å². The maximum absolute atomic E-state index is 12.1. The lowest BCUT2D eigenvalue weighted by molar-refractivity contribution is -0.384. The summed E-state index contributed by atoms with van der Waals surface area (Å²) >= 11 is 5.73. The Morgan fingerprint density at radius 2 is 2.10 bits per heavy atom. The standard InChI is InChI=1S/C12H11ClN2O6/c13-7-1-6(2-8(3-7)15(19)20)11(16)14-10-5-21-4-9(10)12(17)18/h1-3,9-10H,4-5H2,(H,14,16)(H,17,18). The molecule has 0 bridgehead atoms. The fourth-order valence-corrected chi connectivity index (χ4v) is 2.23. The van der Waals surface area contributed by atoms with Crippen LogP contribution in [0.4, 0.5) is 5.69 Å². The molecule has 2 N–H and O–H groups in total. The Balaban J connectivity index is 2.17. The van der Waals surface area contributed by atoms with E-state index in [-0.39, 0.29) is 29.5 Å². The Hall–Kier alpha value is -2.19. The summed E-state index contributed by atoms with van der Waals surface area (Å²) in [5.74, 6) is -2.56. The summed E-state index contributed by atoms with van der Waals surface area (Å²) < 4.78 is 5.02. The molecule has 1 amide bonds. The minimum Gasteiger partial charge on any atom is -0.481 e. The van der Waals surface area contributed by atoms with Gasteiger partial charge in [0.2, 0.25) is 0 Å². The van der Waals surface area contributed by atoms with Gasteiger partial charge in [-0.3, -0.25) is 19.7 Å². The van der Waals surface area contributed by atoms with Gasteiger partial charge in [0.1, 0.15) is 5.92 Å². The topological polar surface area (TPSA) is 119 Å². The number of aliphatic carboxylic acids is 1. The third-order valence-electron chi connectivity index (χ3n) is 3.07. The van der Waals surface area contributed by atoms with Gasteiger partial charge >= 0.3 is 5.97 Å². The Kier molecular flexibility index (Phi) is 4.39. The minimum absolute atomic E-state index is 0.00904. The maximum Gasteiger partial charge on any atom is 0.311 e. The number of rotatable bonds is 4. The molecule has 0 aliphatic carbocycles. The number of carboxylic acids is 1. The second-order valence-electron chi connectivity index (χ2n) is 4.52. The molecule has 9 heteroatoms. The highest BCUT2D eigenvalue weighted by Crippen LogP contribution is 2.21. The number of ether oxygens (including phenoxy) is 1. The van der Waals surface area contributed by atoms with Crippen LogP contribution in [0, 0.1) is 16.0 Å². The van der Waals surface area contributed by atoms with Crippen LogP contribution in [0.5, 0.6) is 0 Å². The van der Waals surface area contributed by atoms with E-state index in [1.807, 2.05) is 0 Å². The SMILES string of the molecule is O=C(NC1COCC1C(=O)O)c1cc(Cl)cc([N+](=O)[O-])c1. The highest BCUT2D eigenvalue weighted by Gasteiger charge is 2.35. The average Bonchev–Trinajstić information content (AvgIpc) is 2.86. The predicted octanol–water partition coefficient (Wildman–Crippen LogP) is 1.08. The van der Waals surface area contributed by atoms with Crippen molar-refractivity contribution < 1.29 is 24.4 Å². The van der Waals surface area contributed by atoms with Crippen molar-refractivity contribution in [3.8, 4) is 0 Å². The first-order chi connectivity index (χ1) is 9.88. The predicted molar refractivity (Wildman–Crippen MR) is 71.3 cm³/mol. The molecule has 1 aromatic rings. The van der Waals surface area contributed by atoms with Crippen LogP contribution < -0.4 is 5.32 Å². The number of nitrogens with zero attached hydrogens (tertiary/aromatic N) is 1. The normalized spacial score (nSPS) is 21.0. The number of carbonyl (C=O) groups excluding carboxylic acids is 1. The largest absolute Gasteiger partial charge is 0.481 e. The molecule has 21 heavy (non-hydrogen) atoms. The molecule has 0 aromatic heterocycles. The van der Waals surface area contributed by atoms with Crippen molar-refractivity contribution in [1.82, 2.24) is 5.32 Å². The summed E-state index contributed by atoms with van der Waals surface area (Å²) in [4.78, 5) is 33.1. The smallest absolute Gasteiger partial charge is 0.311 e. The van der Waals surface area contributed by atoms with Crippen molar-refractivity contribution in [3.05, 3.63) is 38.9 Å². The van der Waals surface area contributed by atoms with Gasteiger partial charge in [0.15, 0.2) is 0 Å². The van der Waals surface area contributed by atoms with Crippen molar-refractivity contribution in [2.45, 2.75) is 6.04 Å². The summed E-state index contributed by atoms with van der Waals surface area (Å²) in [5.41, 5.74) is -0.324. The first kappa shape index (κ1) is 15.2. The molecule has 1 aromatic carbocycles. The Morgan fingerprint density at radius 3 is 2.71 bits per heavy atom. The Bertz CT molecular complexity index is 605. The number of halogens is 1. The summed E-state index contributed by atoms with van der Waals surface area (Å²) in [6.45, 7) is 0.0847. The number of carboxylic acid groups (broad SMARTS) is 1. The summed E-state index contributed by atoms with van der Waals surface area (Å²) in [7, 11) is 0. The van der Waals surface area contributed by atoms with Gasteiger partial charge in [0.05, 0.1) is 24.2 Å². The summed E-state index contributed by atoms with van der Waals surface area (Å²) in [6.07, 6.45) is 0. The number of nitro groups is 1. The van der Waals surface area contributed by atoms with E-state index < -0.39 is 28.8 Å². The van der Waals surface area contributed by atoms with E-state index in [0.717, 1.165) is 12.1 Å². The molecule has 1 aliphatic heterocycles. The molecule has 2 unspecified atom stereocenters. The van der Waals surface area contributed by atoms with Gasteiger partial charge in [-0.05, 0) is 6.07 Å². The van der Waals surface area contributed by atoms with Gasteiger partial charge in [-0.25, -0.2) is 0 Å². The number of hydrogen-bond acceptors (Lipinski definition) is 5. The highest BCUT2D eigenvalue weighted by molar-refractivity contribution is 6.31. The van der Waals surface area contributed by atoms with Gasteiger partial charge in [-0.2, -0.15) is 0 Å². The van der Waals surface area contributed by atoms with Crippen LogP contribution in [-0.2, 0) is 9.53 Å². The molecule has 8 nitrogen and oxygen atoms in total. The lowest BCUT2D eigenvalue weighted by Gasteiger charge is -2.15. The van der Waals surface area contributed by atoms with Crippen LogP contribution in [0.1, 0.15) is 10.4 Å². The van der Waals surface area contributed by atoms with Crippen LogP contribution in [0.15, 0.2) is 18.2 Å². The van der Waals surface area contributed by atoms with Crippen molar-refractivity contribution in [3.63, 3.8) is 0 Å². The lowest BCUT2D eigenvalue weighted by atomic mass is 10.0. The molecule has 2 rings (SSSR count). The summed E-state index contributed by atoms with van der Waals surface area (Å²) in [6, 6.07) is 2.78. The molecule has 0 radical (unpaired) electrons. The van der Waals surface area contributed by atoms with Crippen LogP contribution in [-0.4, -0.2) is 41.2 Å². The molecule has 0 spiro atoms.